The van der Waals surface area contributed by atoms with Gasteiger partial charge in [0, 0.05) is 6.42 Å². The summed E-state index contributed by atoms with van der Waals surface area (Å²) in [7, 11) is 0. The minimum atomic E-state index is -0.722. The molecule has 1 fully saturated rings. The van der Waals surface area contributed by atoms with Crippen molar-refractivity contribution < 1.29 is 28.9 Å². The van der Waals surface area contributed by atoms with E-state index >= 15 is 0 Å². The minimum absolute atomic E-state index is 0.152. The Morgan fingerprint density at radius 3 is 2.04 bits per heavy atom. The fourth-order valence-electron chi connectivity index (χ4n) is 2.28. The van der Waals surface area contributed by atoms with E-state index in [1.807, 2.05) is 34.6 Å². The Bertz CT molecular complexity index is 483. The first-order valence-corrected chi connectivity index (χ1v) is 9.91. The van der Waals surface area contributed by atoms with E-state index in [1.165, 1.54) is 0 Å². The van der Waals surface area contributed by atoms with E-state index in [-0.39, 0.29) is 18.7 Å². The minimum Gasteiger partial charge on any atom is -0.481 e. The Balaban J connectivity index is 0.000000713. The summed E-state index contributed by atoms with van der Waals surface area (Å²) in [4.78, 5) is 22.1. The molecule has 1 aliphatic rings. The Kier molecular flexibility index (Phi) is 9.98. The van der Waals surface area contributed by atoms with E-state index in [9.17, 15) is 9.59 Å². The number of aliphatic carboxylic acids is 1. The third kappa shape index (κ3) is 9.06. The van der Waals surface area contributed by atoms with Crippen molar-refractivity contribution in [1.82, 2.24) is 0 Å². The predicted molar refractivity (Wildman–Crippen MR) is 105 cm³/mol. The van der Waals surface area contributed by atoms with Gasteiger partial charge >= 0.3 is 11.9 Å². The van der Waals surface area contributed by atoms with Crippen LogP contribution in [0.2, 0.25) is 0 Å². The average molecular weight is 389 g/mol. The van der Waals surface area contributed by atoms with Crippen molar-refractivity contribution in [3.63, 3.8) is 0 Å². The van der Waals surface area contributed by atoms with Crippen molar-refractivity contribution >= 4 is 11.9 Å². The predicted octanol–water partition coefficient (Wildman–Crippen LogP) is 4.65. The smallest absolute Gasteiger partial charge is 0.311 e. The molecule has 160 valence electrons. The lowest BCUT2D eigenvalue weighted by atomic mass is 9.91. The Morgan fingerprint density at radius 2 is 1.67 bits per heavy atom. The number of rotatable bonds is 8. The van der Waals surface area contributed by atoms with E-state index in [0.717, 1.165) is 12.8 Å². The first-order valence-electron chi connectivity index (χ1n) is 9.91. The number of hydrogen-bond donors (Lipinski definition) is 1. The number of ether oxygens (including phenoxy) is 3. The number of hydrogen-bond acceptors (Lipinski definition) is 5. The largest absolute Gasteiger partial charge is 0.481 e. The molecule has 2 unspecified atom stereocenters. The highest BCUT2D eigenvalue weighted by molar-refractivity contribution is 5.75. The number of carboxylic acids is 1. The van der Waals surface area contributed by atoms with E-state index in [2.05, 4.69) is 13.8 Å². The molecule has 1 heterocycles. The maximum atomic E-state index is 11.9. The van der Waals surface area contributed by atoms with Crippen LogP contribution in [0.4, 0.5) is 0 Å². The van der Waals surface area contributed by atoms with Gasteiger partial charge in [0.1, 0.15) is 12.7 Å². The van der Waals surface area contributed by atoms with Crippen molar-refractivity contribution in [2.24, 2.45) is 16.7 Å². The van der Waals surface area contributed by atoms with Crippen LogP contribution in [0.15, 0.2) is 0 Å². The highest BCUT2D eigenvalue weighted by atomic mass is 16.7. The summed E-state index contributed by atoms with van der Waals surface area (Å²) in [6.45, 7) is 18.1. The van der Waals surface area contributed by atoms with Crippen LogP contribution in [-0.4, -0.2) is 42.1 Å². The molecule has 1 rings (SSSR count). The van der Waals surface area contributed by atoms with Gasteiger partial charge in [-0.3, -0.25) is 9.59 Å². The lowest BCUT2D eigenvalue weighted by Gasteiger charge is -2.25. The third-order valence-corrected chi connectivity index (χ3v) is 5.07. The van der Waals surface area contributed by atoms with Gasteiger partial charge in [0.25, 0.3) is 0 Å². The van der Waals surface area contributed by atoms with Crippen LogP contribution in [0, 0.1) is 16.7 Å². The fraction of sp³-hybridized carbons (Fsp3) is 0.905. The highest BCUT2D eigenvalue weighted by Crippen LogP contribution is 2.30. The standard InChI is InChI=1S/C15H28O4.C6H12O2/c1-7-14(4,5)13(16)17-9-12-10-18-15(6,19-12)8-11(2)3;1-4-6(2,3)5(7)8/h11-12H,7-10H2,1-6H3;4H2,1-3H3,(H,7,8). The summed E-state index contributed by atoms with van der Waals surface area (Å²) in [5, 5.41) is 8.44. The number of esters is 1. The van der Waals surface area contributed by atoms with Gasteiger partial charge in [-0.1, -0.05) is 27.7 Å². The zero-order chi connectivity index (χ0) is 21.5. The topological polar surface area (TPSA) is 82.1 Å². The molecule has 27 heavy (non-hydrogen) atoms. The molecular weight excluding hydrogens is 348 g/mol. The molecular formula is C21H40O6. The van der Waals surface area contributed by atoms with E-state index in [0.29, 0.717) is 18.9 Å². The first kappa shape index (κ1) is 25.9. The summed E-state index contributed by atoms with van der Waals surface area (Å²) in [6.07, 6.45) is 2.14. The molecule has 1 saturated heterocycles. The zero-order valence-corrected chi connectivity index (χ0v) is 18.7. The molecule has 0 aromatic rings. The second-order valence-corrected chi connectivity index (χ2v) is 9.16. The Hall–Kier alpha value is -1.14. The SMILES string of the molecule is CCC(C)(C)C(=O)O.CCC(C)(C)C(=O)OCC1COC(C)(CC(C)C)O1. The first-order chi connectivity index (χ1) is 12.2. The van der Waals surface area contributed by atoms with Crippen LogP contribution in [0.1, 0.15) is 81.6 Å². The van der Waals surface area contributed by atoms with Crippen LogP contribution in [0.5, 0.6) is 0 Å². The van der Waals surface area contributed by atoms with Crippen molar-refractivity contribution in [1.29, 1.82) is 0 Å². The van der Waals surface area contributed by atoms with Crippen molar-refractivity contribution in [3.05, 3.63) is 0 Å². The molecule has 0 radical (unpaired) electrons. The van der Waals surface area contributed by atoms with Crippen LogP contribution in [0.25, 0.3) is 0 Å². The summed E-state index contributed by atoms with van der Waals surface area (Å²) in [6, 6.07) is 0. The highest BCUT2D eigenvalue weighted by Gasteiger charge is 2.38. The molecule has 0 aromatic carbocycles. The lowest BCUT2D eigenvalue weighted by molar-refractivity contribution is -0.176. The van der Waals surface area contributed by atoms with Crippen molar-refractivity contribution in [3.8, 4) is 0 Å². The van der Waals surface area contributed by atoms with Gasteiger partial charge in [0.15, 0.2) is 5.79 Å². The second-order valence-electron chi connectivity index (χ2n) is 9.16. The number of carbonyl (C=O) groups is 2. The molecule has 0 aliphatic carbocycles. The lowest BCUT2D eigenvalue weighted by Crippen LogP contribution is -2.32. The fourth-order valence-corrected chi connectivity index (χ4v) is 2.28. The van der Waals surface area contributed by atoms with Gasteiger partial charge < -0.3 is 19.3 Å². The molecule has 0 aromatic heterocycles. The van der Waals surface area contributed by atoms with E-state index < -0.39 is 22.6 Å². The van der Waals surface area contributed by atoms with Crippen LogP contribution >= 0.6 is 0 Å². The quantitative estimate of drug-likeness (QED) is 0.610. The molecule has 1 aliphatic heterocycles. The third-order valence-electron chi connectivity index (χ3n) is 5.07. The van der Waals surface area contributed by atoms with Gasteiger partial charge in [-0.2, -0.15) is 0 Å². The van der Waals surface area contributed by atoms with Gasteiger partial charge in [-0.05, 0) is 53.4 Å². The molecule has 6 heteroatoms. The number of carbonyl (C=O) groups excluding carboxylic acids is 1. The maximum absolute atomic E-state index is 11.9. The molecule has 6 nitrogen and oxygen atoms in total. The summed E-state index contributed by atoms with van der Waals surface area (Å²) in [5.41, 5.74) is -0.972. The second kappa shape index (κ2) is 10.4. The van der Waals surface area contributed by atoms with Crippen LogP contribution < -0.4 is 0 Å². The molecule has 2 atom stereocenters. The molecule has 0 amide bonds. The van der Waals surface area contributed by atoms with Crippen molar-refractivity contribution in [2.75, 3.05) is 13.2 Å². The molecule has 0 spiro atoms. The normalized spacial score (nSPS) is 23.0. The Labute approximate surface area is 164 Å². The summed E-state index contributed by atoms with van der Waals surface area (Å²) in [5.74, 6) is -0.924. The van der Waals surface area contributed by atoms with Crippen molar-refractivity contribution in [2.45, 2.75) is 93.5 Å². The van der Waals surface area contributed by atoms with Gasteiger partial charge in [-0.25, -0.2) is 0 Å². The van der Waals surface area contributed by atoms with Gasteiger partial charge in [0.2, 0.25) is 0 Å². The van der Waals surface area contributed by atoms with Crippen LogP contribution in [-0.2, 0) is 23.8 Å². The molecule has 0 bridgehead atoms. The van der Waals surface area contributed by atoms with Gasteiger partial charge in [-0.15, -0.1) is 0 Å². The summed E-state index contributed by atoms with van der Waals surface area (Å²) < 4.78 is 16.9. The molecule has 1 N–H and O–H groups in total. The zero-order valence-electron chi connectivity index (χ0n) is 18.7. The maximum Gasteiger partial charge on any atom is 0.311 e. The average Bonchev–Trinajstić information content (AvgIpc) is 2.92. The van der Waals surface area contributed by atoms with Crippen LogP contribution in [0.3, 0.4) is 0 Å². The van der Waals surface area contributed by atoms with E-state index in [4.69, 9.17) is 19.3 Å². The molecule has 0 saturated carbocycles. The summed E-state index contributed by atoms with van der Waals surface area (Å²) >= 11 is 0. The number of carboxylic acid groups (broad SMARTS) is 1. The Morgan fingerprint density at radius 1 is 1.15 bits per heavy atom. The van der Waals surface area contributed by atoms with E-state index in [1.54, 1.807) is 13.8 Å². The van der Waals surface area contributed by atoms with Gasteiger partial charge in [0.05, 0.1) is 17.4 Å². The monoisotopic (exact) mass is 388 g/mol.